The molecule has 0 saturated heterocycles. The van der Waals surface area contributed by atoms with Crippen LogP contribution in [0.4, 0.5) is 14.5 Å². The Morgan fingerprint density at radius 3 is 2.62 bits per heavy atom. The van der Waals surface area contributed by atoms with Crippen molar-refractivity contribution >= 4 is 5.69 Å². The number of halogens is 2. The van der Waals surface area contributed by atoms with E-state index in [1.165, 1.54) is 25.1 Å². The number of aryl methyl sites for hydroxylation is 1. The van der Waals surface area contributed by atoms with Crippen molar-refractivity contribution in [3.05, 3.63) is 39.4 Å². The molecule has 0 saturated carbocycles. The molecular weight excluding hydrogens is 218 g/mol. The zero-order valence-corrected chi connectivity index (χ0v) is 8.74. The van der Waals surface area contributed by atoms with Crippen molar-refractivity contribution in [1.82, 2.24) is 0 Å². The largest absolute Gasteiger partial charge is 0.325 e. The molecule has 0 atom stereocenters. The molecule has 0 heterocycles. The first-order chi connectivity index (χ1) is 7.37. The molecule has 0 amide bonds. The Morgan fingerprint density at radius 1 is 1.50 bits per heavy atom. The molecule has 2 N–H and O–H groups in total. The van der Waals surface area contributed by atoms with Crippen LogP contribution in [0.1, 0.15) is 11.1 Å². The summed E-state index contributed by atoms with van der Waals surface area (Å²) in [5.74, 6) is -3.11. The van der Waals surface area contributed by atoms with Gasteiger partial charge in [0.15, 0.2) is 0 Å². The molecule has 0 spiro atoms. The predicted molar refractivity (Wildman–Crippen MR) is 55.5 cm³/mol. The van der Waals surface area contributed by atoms with E-state index < -0.39 is 23.8 Å². The molecule has 1 rings (SSSR count). The Labute approximate surface area is 91.2 Å². The Bertz CT molecular complexity index is 408. The van der Waals surface area contributed by atoms with Crippen LogP contribution in [0.15, 0.2) is 18.2 Å². The Kier molecular flexibility index (Phi) is 3.54. The number of rotatable bonds is 4. The number of nitrogens with zero attached hydrogens (tertiary/aromatic N) is 1. The van der Waals surface area contributed by atoms with Crippen LogP contribution in [-0.2, 0) is 6.42 Å². The standard InChI is InChI=1S/C10H12F2N2O2/c1-7-3-2-4-8(9(7)14(15)16)5-10(11,12)6-13/h2-4H,5-6,13H2,1H3. The topological polar surface area (TPSA) is 69.2 Å². The lowest BCUT2D eigenvalue weighted by atomic mass is 10.0. The van der Waals surface area contributed by atoms with Crippen LogP contribution in [0.25, 0.3) is 0 Å². The third-order valence-corrected chi connectivity index (χ3v) is 2.25. The number of para-hydroxylation sites is 1. The lowest BCUT2D eigenvalue weighted by molar-refractivity contribution is -0.386. The van der Waals surface area contributed by atoms with E-state index in [1.807, 2.05) is 0 Å². The minimum absolute atomic E-state index is 0.0143. The summed E-state index contributed by atoms with van der Waals surface area (Å²) in [5.41, 5.74) is 5.03. The Hall–Kier alpha value is -1.56. The van der Waals surface area contributed by atoms with Gasteiger partial charge in [-0.2, -0.15) is 0 Å². The minimum atomic E-state index is -3.11. The molecule has 0 unspecified atom stereocenters. The molecule has 1 aromatic carbocycles. The lowest BCUT2D eigenvalue weighted by Crippen LogP contribution is -2.30. The van der Waals surface area contributed by atoms with Gasteiger partial charge in [-0.25, -0.2) is 8.78 Å². The Balaban J connectivity index is 3.14. The molecule has 4 nitrogen and oxygen atoms in total. The molecular formula is C10H12F2N2O2. The molecule has 0 aliphatic rings. The SMILES string of the molecule is Cc1cccc(CC(F)(F)CN)c1[N+](=O)[O-]. The summed E-state index contributed by atoms with van der Waals surface area (Å²) in [6.07, 6.45) is -0.707. The van der Waals surface area contributed by atoms with Gasteiger partial charge in [0.1, 0.15) is 0 Å². The summed E-state index contributed by atoms with van der Waals surface area (Å²) in [6.45, 7) is 0.695. The van der Waals surface area contributed by atoms with Crippen molar-refractivity contribution in [2.24, 2.45) is 5.73 Å². The Morgan fingerprint density at radius 2 is 2.12 bits per heavy atom. The molecule has 0 fully saturated rings. The molecule has 0 aliphatic heterocycles. The highest BCUT2D eigenvalue weighted by atomic mass is 19.3. The van der Waals surface area contributed by atoms with E-state index in [0.717, 1.165) is 0 Å². The van der Waals surface area contributed by atoms with Crippen molar-refractivity contribution in [3.63, 3.8) is 0 Å². The third-order valence-electron chi connectivity index (χ3n) is 2.25. The highest BCUT2D eigenvalue weighted by Crippen LogP contribution is 2.28. The normalized spacial score (nSPS) is 11.5. The van der Waals surface area contributed by atoms with Crippen molar-refractivity contribution in [2.75, 3.05) is 6.54 Å². The van der Waals surface area contributed by atoms with E-state index in [9.17, 15) is 18.9 Å². The number of nitrogens with two attached hydrogens (primary N) is 1. The molecule has 0 aliphatic carbocycles. The first kappa shape index (κ1) is 12.5. The van der Waals surface area contributed by atoms with Crippen LogP contribution in [0.3, 0.4) is 0 Å². The van der Waals surface area contributed by atoms with E-state index in [1.54, 1.807) is 0 Å². The smallest absolute Gasteiger partial charge is 0.275 e. The van der Waals surface area contributed by atoms with Crippen LogP contribution in [0.2, 0.25) is 0 Å². The average molecular weight is 230 g/mol. The van der Waals surface area contributed by atoms with Crippen molar-refractivity contribution < 1.29 is 13.7 Å². The second-order valence-corrected chi connectivity index (χ2v) is 3.58. The summed E-state index contributed by atoms with van der Waals surface area (Å²) in [4.78, 5) is 10.1. The van der Waals surface area contributed by atoms with Gasteiger partial charge < -0.3 is 5.73 Å². The second kappa shape index (κ2) is 4.52. The van der Waals surface area contributed by atoms with Crippen LogP contribution in [0, 0.1) is 17.0 Å². The van der Waals surface area contributed by atoms with E-state index in [4.69, 9.17) is 5.73 Å². The molecule has 0 aromatic heterocycles. The fraction of sp³-hybridized carbons (Fsp3) is 0.400. The first-order valence-electron chi connectivity index (χ1n) is 4.68. The van der Waals surface area contributed by atoms with Crippen molar-refractivity contribution in [1.29, 1.82) is 0 Å². The zero-order valence-electron chi connectivity index (χ0n) is 8.74. The van der Waals surface area contributed by atoms with Gasteiger partial charge in [0.2, 0.25) is 0 Å². The number of nitro benzene ring substituents is 1. The van der Waals surface area contributed by atoms with Gasteiger partial charge in [0.25, 0.3) is 11.6 Å². The van der Waals surface area contributed by atoms with Crippen LogP contribution < -0.4 is 5.73 Å². The highest BCUT2D eigenvalue weighted by molar-refractivity contribution is 5.47. The maximum absolute atomic E-state index is 13.1. The van der Waals surface area contributed by atoms with E-state index >= 15 is 0 Å². The van der Waals surface area contributed by atoms with Gasteiger partial charge in [-0.1, -0.05) is 18.2 Å². The van der Waals surface area contributed by atoms with E-state index in [0.29, 0.717) is 5.56 Å². The number of alkyl halides is 2. The summed E-state index contributed by atoms with van der Waals surface area (Å²) < 4.78 is 26.1. The van der Waals surface area contributed by atoms with Gasteiger partial charge in [-0.05, 0) is 6.92 Å². The van der Waals surface area contributed by atoms with Crippen LogP contribution in [0.5, 0.6) is 0 Å². The quantitative estimate of drug-likeness (QED) is 0.635. The molecule has 88 valence electrons. The second-order valence-electron chi connectivity index (χ2n) is 3.58. The predicted octanol–water partition coefficient (Wildman–Crippen LogP) is 2.04. The zero-order chi connectivity index (χ0) is 12.3. The maximum atomic E-state index is 13.1. The van der Waals surface area contributed by atoms with Gasteiger partial charge in [-0.15, -0.1) is 0 Å². The van der Waals surface area contributed by atoms with E-state index in [2.05, 4.69) is 0 Å². The maximum Gasteiger partial charge on any atom is 0.275 e. The minimum Gasteiger partial charge on any atom is -0.325 e. The van der Waals surface area contributed by atoms with Crippen LogP contribution in [-0.4, -0.2) is 17.4 Å². The monoisotopic (exact) mass is 230 g/mol. The summed E-state index contributed by atoms with van der Waals surface area (Å²) in [7, 11) is 0. The number of hydrogen-bond donors (Lipinski definition) is 1. The fourth-order valence-electron chi connectivity index (χ4n) is 1.47. The molecule has 16 heavy (non-hydrogen) atoms. The average Bonchev–Trinajstić information content (AvgIpc) is 2.16. The number of hydrogen-bond acceptors (Lipinski definition) is 3. The summed E-state index contributed by atoms with van der Waals surface area (Å²) in [6, 6.07) is 4.36. The van der Waals surface area contributed by atoms with E-state index in [-0.39, 0.29) is 11.3 Å². The van der Waals surface area contributed by atoms with Crippen molar-refractivity contribution in [2.45, 2.75) is 19.3 Å². The van der Waals surface area contributed by atoms with Gasteiger partial charge in [0.05, 0.1) is 11.5 Å². The fourth-order valence-corrected chi connectivity index (χ4v) is 1.47. The highest BCUT2D eigenvalue weighted by Gasteiger charge is 2.31. The molecule has 0 radical (unpaired) electrons. The third kappa shape index (κ3) is 2.73. The first-order valence-corrected chi connectivity index (χ1v) is 4.68. The van der Waals surface area contributed by atoms with Crippen molar-refractivity contribution in [3.8, 4) is 0 Å². The summed E-state index contributed by atoms with van der Waals surface area (Å²) in [5, 5.41) is 10.7. The van der Waals surface area contributed by atoms with Gasteiger partial charge >= 0.3 is 0 Å². The molecule has 0 bridgehead atoms. The van der Waals surface area contributed by atoms with Gasteiger partial charge in [0, 0.05) is 17.5 Å². The molecule has 1 aromatic rings. The molecule has 6 heteroatoms. The van der Waals surface area contributed by atoms with Gasteiger partial charge in [-0.3, -0.25) is 10.1 Å². The number of nitro groups is 1. The number of benzene rings is 1. The summed E-state index contributed by atoms with van der Waals surface area (Å²) >= 11 is 0. The van der Waals surface area contributed by atoms with Crippen LogP contribution >= 0.6 is 0 Å². The lowest BCUT2D eigenvalue weighted by Gasteiger charge is -2.14.